The van der Waals surface area contributed by atoms with E-state index in [1.165, 1.54) is 33.8 Å². The van der Waals surface area contributed by atoms with Crippen molar-refractivity contribution in [1.82, 2.24) is 14.9 Å². The molecule has 1 aliphatic carbocycles. The summed E-state index contributed by atoms with van der Waals surface area (Å²) in [7, 11) is 0. The Morgan fingerprint density at radius 2 is 1.65 bits per heavy atom. The Labute approximate surface area is 235 Å². The number of aliphatic hydroxyl groups excluding tert-OH is 1. The summed E-state index contributed by atoms with van der Waals surface area (Å²) < 4.78 is 2.30. The number of nitrogens with zero attached hydrogens (tertiary/aromatic N) is 2. The fraction of sp³-hybridized carbons (Fsp3) is 0.314. The number of fused-ring (bicyclic) bond motifs is 3. The van der Waals surface area contributed by atoms with Crippen molar-refractivity contribution in [2.75, 3.05) is 6.61 Å². The molecule has 1 unspecified atom stereocenters. The largest absolute Gasteiger partial charge is 0.394 e. The van der Waals surface area contributed by atoms with Crippen molar-refractivity contribution >= 4 is 27.8 Å². The van der Waals surface area contributed by atoms with Crippen molar-refractivity contribution in [1.29, 1.82) is 0 Å². The van der Waals surface area contributed by atoms with E-state index in [9.17, 15) is 9.90 Å². The van der Waals surface area contributed by atoms with Crippen molar-refractivity contribution in [3.05, 3.63) is 113 Å². The van der Waals surface area contributed by atoms with E-state index in [-0.39, 0.29) is 18.4 Å². The molecular weight excluding hydrogens is 494 g/mol. The van der Waals surface area contributed by atoms with Gasteiger partial charge in [0.25, 0.3) is 0 Å². The molecule has 40 heavy (non-hydrogen) atoms. The predicted octanol–water partition coefficient (Wildman–Crippen LogP) is 7.06. The van der Waals surface area contributed by atoms with E-state index < -0.39 is 6.04 Å². The highest BCUT2D eigenvalue weighted by molar-refractivity contribution is 6.08. The molecule has 0 spiro atoms. The lowest BCUT2D eigenvalue weighted by Crippen LogP contribution is -2.38. The molecule has 1 amide bonds. The molecule has 2 N–H and O–H groups in total. The summed E-state index contributed by atoms with van der Waals surface area (Å²) in [5.74, 6) is 0.0773. The number of hydrogen-bond donors (Lipinski definition) is 2. The summed E-state index contributed by atoms with van der Waals surface area (Å²) in [5, 5.41) is 15.7. The molecule has 204 valence electrons. The number of amides is 1. The number of aromatic nitrogens is 2. The molecule has 0 radical (unpaired) electrons. The van der Waals surface area contributed by atoms with E-state index in [0.717, 1.165) is 42.5 Å². The predicted molar refractivity (Wildman–Crippen MR) is 161 cm³/mol. The van der Waals surface area contributed by atoms with Gasteiger partial charge in [-0.2, -0.15) is 0 Å². The zero-order valence-electron chi connectivity index (χ0n) is 23.1. The van der Waals surface area contributed by atoms with E-state index in [1.807, 2.05) is 36.5 Å². The number of carbonyl (C=O) groups excluding carboxylic acids is 1. The van der Waals surface area contributed by atoms with Crippen molar-refractivity contribution in [2.24, 2.45) is 5.92 Å². The van der Waals surface area contributed by atoms with Crippen molar-refractivity contribution in [3.8, 4) is 0 Å². The van der Waals surface area contributed by atoms with Crippen LogP contribution in [0, 0.1) is 12.8 Å². The van der Waals surface area contributed by atoms with Gasteiger partial charge < -0.3 is 15.0 Å². The van der Waals surface area contributed by atoms with Gasteiger partial charge in [-0.3, -0.25) is 4.79 Å². The summed E-state index contributed by atoms with van der Waals surface area (Å²) in [6.07, 6.45) is 7.56. The minimum absolute atomic E-state index is 0.00428. The third kappa shape index (κ3) is 5.14. The first-order valence-electron chi connectivity index (χ1n) is 14.5. The molecule has 6 rings (SSSR count). The molecule has 1 saturated carbocycles. The molecule has 0 bridgehead atoms. The number of para-hydroxylation sites is 1. The number of nitrogens with one attached hydrogen (secondary N) is 1. The summed E-state index contributed by atoms with van der Waals surface area (Å²) in [6.45, 7) is 2.73. The zero-order chi connectivity index (χ0) is 27.5. The van der Waals surface area contributed by atoms with Gasteiger partial charge in [-0.25, -0.2) is 4.98 Å². The first-order chi connectivity index (χ1) is 19.6. The quantitative estimate of drug-likeness (QED) is 0.225. The number of aliphatic hydroxyl groups is 1. The Morgan fingerprint density at radius 1 is 0.925 bits per heavy atom. The fourth-order valence-electron chi connectivity index (χ4n) is 6.58. The summed E-state index contributed by atoms with van der Waals surface area (Å²) in [5.41, 5.74) is 6.56. The third-order valence-electron chi connectivity index (χ3n) is 8.64. The van der Waals surface area contributed by atoms with Gasteiger partial charge in [-0.15, -0.1) is 0 Å². The van der Waals surface area contributed by atoms with Crippen molar-refractivity contribution in [3.63, 3.8) is 0 Å². The van der Waals surface area contributed by atoms with Gasteiger partial charge in [0, 0.05) is 23.5 Å². The second-order valence-electron chi connectivity index (χ2n) is 11.2. The molecule has 2 atom stereocenters. The highest BCUT2D eigenvalue weighted by atomic mass is 16.3. The molecule has 2 aromatic heterocycles. The number of aryl methyl sites for hydroxylation is 1. The van der Waals surface area contributed by atoms with Gasteiger partial charge in [0.05, 0.1) is 24.1 Å². The van der Waals surface area contributed by atoms with E-state index in [0.29, 0.717) is 12.5 Å². The van der Waals surface area contributed by atoms with Gasteiger partial charge in [0.2, 0.25) is 5.91 Å². The lowest BCUT2D eigenvalue weighted by molar-refractivity contribution is -0.125. The third-order valence-corrected chi connectivity index (χ3v) is 8.64. The first-order valence-corrected chi connectivity index (χ1v) is 14.5. The molecule has 5 nitrogen and oxygen atoms in total. The Balaban J connectivity index is 1.29. The lowest BCUT2D eigenvalue weighted by Gasteiger charge is -2.31. The van der Waals surface area contributed by atoms with Gasteiger partial charge in [0.15, 0.2) is 0 Å². The fourth-order valence-corrected chi connectivity index (χ4v) is 6.58. The van der Waals surface area contributed by atoms with Crippen LogP contribution in [-0.2, 0) is 11.3 Å². The first kappa shape index (κ1) is 26.3. The van der Waals surface area contributed by atoms with Crippen LogP contribution in [-0.4, -0.2) is 27.2 Å². The average Bonchev–Trinajstić information content (AvgIpc) is 3.32. The summed E-state index contributed by atoms with van der Waals surface area (Å²) in [6, 6.07) is 28.5. The second-order valence-corrected chi connectivity index (χ2v) is 11.2. The van der Waals surface area contributed by atoms with Crippen molar-refractivity contribution in [2.45, 2.75) is 57.5 Å². The van der Waals surface area contributed by atoms with E-state index in [1.54, 1.807) is 0 Å². The average molecular weight is 532 g/mol. The maximum absolute atomic E-state index is 13.8. The summed E-state index contributed by atoms with van der Waals surface area (Å²) >= 11 is 0. The molecule has 1 fully saturated rings. The maximum atomic E-state index is 13.8. The number of rotatable bonds is 8. The topological polar surface area (TPSA) is 67.2 Å². The van der Waals surface area contributed by atoms with Crippen LogP contribution < -0.4 is 5.32 Å². The maximum Gasteiger partial charge on any atom is 0.228 e. The van der Waals surface area contributed by atoms with Crippen LogP contribution >= 0.6 is 0 Å². The molecule has 5 aromatic rings. The zero-order valence-corrected chi connectivity index (χ0v) is 23.1. The lowest BCUT2D eigenvalue weighted by atomic mass is 9.76. The van der Waals surface area contributed by atoms with E-state index in [4.69, 9.17) is 4.98 Å². The Kier molecular flexibility index (Phi) is 7.65. The monoisotopic (exact) mass is 531 g/mol. The minimum Gasteiger partial charge on any atom is -0.394 e. The molecule has 0 saturated heterocycles. The highest BCUT2D eigenvalue weighted by Crippen LogP contribution is 2.37. The Morgan fingerprint density at radius 3 is 2.40 bits per heavy atom. The van der Waals surface area contributed by atoms with Gasteiger partial charge in [-0.05, 0) is 60.1 Å². The number of benzene rings is 3. The molecule has 2 heterocycles. The Bertz CT molecular complexity index is 1600. The standard InChI is InChI=1S/C35H37N3O2/c1-24-20-21-36-34-32(24)29-14-8-9-15-31(29)38(34)22-25-16-18-28(19-17-25)33(27-12-6-3-7-13-27)35(40)37-30(23-39)26-10-4-2-5-11-26/h2,4-5,8-11,14-21,27,30,33,39H,3,6-7,12-13,22-23H2,1H3,(H,37,40)/t30-,33?/m0/s1. The molecule has 1 aliphatic rings. The van der Waals surface area contributed by atoms with Crippen LogP contribution in [0.1, 0.15) is 66.3 Å². The molecule has 3 aromatic carbocycles. The van der Waals surface area contributed by atoms with E-state index in [2.05, 4.69) is 71.4 Å². The summed E-state index contributed by atoms with van der Waals surface area (Å²) in [4.78, 5) is 18.6. The van der Waals surface area contributed by atoms with Crippen LogP contribution in [0.4, 0.5) is 0 Å². The van der Waals surface area contributed by atoms with Gasteiger partial charge in [0.1, 0.15) is 5.65 Å². The van der Waals surface area contributed by atoms with Gasteiger partial charge in [-0.1, -0.05) is 92.1 Å². The number of hydrogen-bond acceptors (Lipinski definition) is 3. The van der Waals surface area contributed by atoms with Crippen molar-refractivity contribution < 1.29 is 9.90 Å². The van der Waals surface area contributed by atoms with Crippen LogP contribution in [0.15, 0.2) is 91.1 Å². The smallest absolute Gasteiger partial charge is 0.228 e. The highest BCUT2D eigenvalue weighted by Gasteiger charge is 2.32. The van der Waals surface area contributed by atoms with Crippen LogP contribution in [0.25, 0.3) is 21.9 Å². The van der Waals surface area contributed by atoms with Gasteiger partial charge >= 0.3 is 0 Å². The number of carbonyl (C=O) groups is 1. The normalized spacial score (nSPS) is 15.8. The SMILES string of the molecule is Cc1ccnc2c1c1ccccc1n2Cc1ccc(C(C(=O)N[C@@H](CO)c2ccccc2)C2CCCCC2)cc1. The number of pyridine rings is 1. The Hall–Kier alpha value is -3.96. The molecule has 0 aliphatic heterocycles. The molecular formula is C35H37N3O2. The van der Waals surface area contributed by atoms with Crippen LogP contribution in [0.2, 0.25) is 0 Å². The second kappa shape index (κ2) is 11.6. The van der Waals surface area contributed by atoms with E-state index >= 15 is 0 Å². The van der Waals surface area contributed by atoms with Crippen LogP contribution in [0.5, 0.6) is 0 Å². The molecule has 5 heteroatoms. The minimum atomic E-state index is -0.412. The van der Waals surface area contributed by atoms with Crippen LogP contribution in [0.3, 0.4) is 0 Å².